The Morgan fingerprint density at radius 1 is 1.18 bits per heavy atom. The third-order valence-corrected chi connectivity index (χ3v) is 5.47. The Hall–Kier alpha value is -2.76. The average Bonchev–Trinajstić information content (AvgIpc) is 3.13. The third-order valence-electron chi connectivity index (χ3n) is 4.06. The van der Waals surface area contributed by atoms with E-state index in [1.807, 2.05) is 57.2 Å². The molecule has 1 aromatic heterocycles. The van der Waals surface area contributed by atoms with E-state index in [0.717, 1.165) is 39.0 Å². The molecule has 2 N–H and O–H groups in total. The van der Waals surface area contributed by atoms with Gasteiger partial charge in [0.2, 0.25) is 11.1 Å². The first-order valence-electron chi connectivity index (χ1n) is 8.55. The highest BCUT2D eigenvalue weighted by Gasteiger charge is 2.12. The van der Waals surface area contributed by atoms with E-state index in [1.54, 1.807) is 0 Å². The fourth-order valence-corrected chi connectivity index (χ4v) is 3.86. The Labute approximate surface area is 172 Å². The first-order valence-corrected chi connectivity index (χ1v) is 10.4. The molecule has 0 aliphatic rings. The van der Waals surface area contributed by atoms with Crippen molar-refractivity contribution in [3.8, 4) is 16.8 Å². The standard InChI is InChI=1S/C20H19N5OS2/c1-12-4-6-15(7-5-12)19-23-20(25-24-19)27-10-17(26)22-18-13(2)8-16(28-11-21)9-14(18)3/h4-9H,10H2,1-3H3,(H,22,26)(H,23,24,25). The van der Waals surface area contributed by atoms with Crippen molar-refractivity contribution in [3.05, 3.63) is 53.1 Å². The molecule has 0 aliphatic heterocycles. The van der Waals surface area contributed by atoms with Gasteiger partial charge in [-0.2, -0.15) is 5.26 Å². The molecular formula is C20H19N5OS2. The van der Waals surface area contributed by atoms with Crippen LogP contribution >= 0.6 is 23.5 Å². The number of nitriles is 1. The molecule has 6 nitrogen and oxygen atoms in total. The average molecular weight is 410 g/mol. The predicted octanol–water partition coefficient (Wildman–Crippen LogP) is 4.70. The summed E-state index contributed by atoms with van der Waals surface area (Å²) in [5.41, 5.74) is 4.77. The van der Waals surface area contributed by atoms with Gasteiger partial charge in [0.1, 0.15) is 5.40 Å². The molecule has 0 unspecified atom stereocenters. The summed E-state index contributed by atoms with van der Waals surface area (Å²) in [7, 11) is 0. The number of aromatic amines is 1. The number of anilines is 1. The summed E-state index contributed by atoms with van der Waals surface area (Å²) < 4.78 is 0. The van der Waals surface area contributed by atoms with Crippen LogP contribution < -0.4 is 5.32 Å². The van der Waals surface area contributed by atoms with E-state index >= 15 is 0 Å². The minimum atomic E-state index is -0.126. The maximum Gasteiger partial charge on any atom is 0.234 e. The highest BCUT2D eigenvalue weighted by Crippen LogP contribution is 2.28. The van der Waals surface area contributed by atoms with E-state index in [-0.39, 0.29) is 11.7 Å². The molecular weight excluding hydrogens is 390 g/mol. The van der Waals surface area contributed by atoms with Crippen molar-refractivity contribution in [3.63, 3.8) is 0 Å². The van der Waals surface area contributed by atoms with Gasteiger partial charge in [0.15, 0.2) is 5.82 Å². The fourth-order valence-electron chi connectivity index (χ4n) is 2.69. The Morgan fingerprint density at radius 2 is 1.86 bits per heavy atom. The van der Waals surface area contributed by atoms with Gasteiger partial charge in [-0.05, 0) is 55.8 Å². The van der Waals surface area contributed by atoms with Crippen molar-refractivity contribution in [2.75, 3.05) is 11.1 Å². The van der Waals surface area contributed by atoms with Crippen LogP contribution in [-0.4, -0.2) is 26.8 Å². The molecule has 0 saturated heterocycles. The van der Waals surface area contributed by atoms with Gasteiger partial charge in [0, 0.05) is 16.1 Å². The first-order chi connectivity index (χ1) is 13.5. The molecule has 0 atom stereocenters. The number of amides is 1. The third kappa shape index (κ3) is 4.94. The molecule has 0 spiro atoms. The number of thiocyanates is 1. The van der Waals surface area contributed by atoms with Gasteiger partial charge in [0.25, 0.3) is 0 Å². The molecule has 8 heteroatoms. The van der Waals surface area contributed by atoms with Crippen LogP contribution in [0.2, 0.25) is 0 Å². The van der Waals surface area contributed by atoms with Gasteiger partial charge in [0.05, 0.1) is 5.75 Å². The number of carbonyl (C=O) groups excluding carboxylic acids is 1. The summed E-state index contributed by atoms with van der Waals surface area (Å²) in [5.74, 6) is 0.762. The van der Waals surface area contributed by atoms with Crippen molar-refractivity contribution < 1.29 is 4.79 Å². The van der Waals surface area contributed by atoms with Gasteiger partial charge in [-0.1, -0.05) is 41.6 Å². The zero-order chi connectivity index (χ0) is 20.1. The smallest absolute Gasteiger partial charge is 0.234 e. The number of benzene rings is 2. The van der Waals surface area contributed by atoms with Gasteiger partial charge in [-0.3, -0.25) is 9.89 Å². The van der Waals surface area contributed by atoms with E-state index in [9.17, 15) is 4.79 Å². The summed E-state index contributed by atoms with van der Waals surface area (Å²) in [6.45, 7) is 5.87. The maximum atomic E-state index is 12.4. The van der Waals surface area contributed by atoms with Crippen LogP contribution in [0.15, 0.2) is 46.5 Å². The summed E-state index contributed by atoms with van der Waals surface area (Å²) in [4.78, 5) is 17.7. The summed E-state index contributed by atoms with van der Waals surface area (Å²) in [6, 6.07) is 11.8. The maximum absolute atomic E-state index is 12.4. The van der Waals surface area contributed by atoms with E-state index < -0.39 is 0 Å². The van der Waals surface area contributed by atoms with Crippen molar-refractivity contribution in [1.29, 1.82) is 5.26 Å². The Bertz CT molecular complexity index is 1010. The monoisotopic (exact) mass is 409 g/mol. The summed E-state index contributed by atoms with van der Waals surface area (Å²) in [5, 5.41) is 21.4. The molecule has 0 aliphatic carbocycles. The number of carbonyl (C=O) groups is 1. The summed E-state index contributed by atoms with van der Waals surface area (Å²) in [6.07, 6.45) is 0. The second-order valence-corrected chi connectivity index (χ2v) is 8.10. The van der Waals surface area contributed by atoms with Gasteiger partial charge in [-0.15, -0.1) is 5.10 Å². The van der Waals surface area contributed by atoms with E-state index in [2.05, 4.69) is 25.9 Å². The number of aryl methyl sites for hydroxylation is 3. The van der Waals surface area contributed by atoms with Crippen molar-refractivity contribution in [1.82, 2.24) is 15.2 Å². The van der Waals surface area contributed by atoms with Crippen LogP contribution in [0, 0.1) is 31.4 Å². The lowest BCUT2D eigenvalue weighted by Gasteiger charge is -2.12. The molecule has 1 heterocycles. The van der Waals surface area contributed by atoms with Crippen LogP contribution in [0.25, 0.3) is 11.4 Å². The number of thioether (sulfide) groups is 2. The second kappa shape index (κ2) is 8.95. The van der Waals surface area contributed by atoms with E-state index in [1.165, 1.54) is 17.3 Å². The zero-order valence-corrected chi connectivity index (χ0v) is 17.4. The van der Waals surface area contributed by atoms with Crippen LogP contribution in [0.5, 0.6) is 0 Å². The number of nitrogens with zero attached hydrogens (tertiary/aromatic N) is 3. The highest BCUT2D eigenvalue weighted by atomic mass is 32.2. The molecule has 3 aromatic rings. The van der Waals surface area contributed by atoms with Gasteiger partial charge < -0.3 is 5.32 Å². The van der Waals surface area contributed by atoms with E-state index in [4.69, 9.17) is 5.26 Å². The first kappa shape index (κ1) is 20.0. The fraction of sp³-hybridized carbons (Fsp3) is 0.200. The Kier molecular flexibility index (Phi) is 6.39. The molecule has 0 radical (unpaired) electrons. The number of nitrogens with one attached hydrogen (secondary N) is 2. The van der Waals surface area contributed by atoms with E-state index in [0.29, 0.717) is 11.0 Å². The van der Waals surface area contributed by atoms with Crippen molar-refractivity contribution in [2.24, 2.45) is 0 Å². The van der Waals surface area contributed by atoms with Gasteiger partial charge in [-0.25, -0.2) is 4.98 Å². The molecule has 2 aromatic carbocycles. The normalized spacial score (nSPS) is 10.5. The molecule has 0 bridgehead atoms. The quantitative estimate of drug-likeness (QED) is 0.453. The highest BCUT2D eigenvalue weighted by molar-refractivity contribution is 8.03. The van der Waals surface area contributed by atoms with Gasteiger partial charge >= 0.3 is 0 Å². The predicted molar refractivity (Wildman–Crippen MR) is 113 cm³/mol. The Balaban J connectivity index is 1.61. The lowest BCUT2D eigenvalue weighted by atomic mass is 10.1. The number of hydrogen-bond donors (Lipinski definition) is 2. The molecule has 1 amide bonds. The minimum absolute atomic E-state index is 0.126. The zero-order valence-electron chi connectivity index (χ0n) is 15.7. The van der Waals surface area contributed by atoms with Crippen LogP contribution in [0.3, 0.4) is 0 Å². The number of aromatic nitrogens is 3. The molecule has 0 saturated carbocycles. The Morgan fingerprint density at radius 3 is 2.50 bits per heavy atom. The number of H-pyrrole nitrogens is 1. The van der Waals surface area contributed by atoms with Crippen LogP contribution in [0.1, 0.15) is 16.7 Å². The van der Waals surface area contributed by atoms with Crippen LogP contribution in [-0.2, 0) is 4.79 Å². The molecule has 28 heavy (non-hydrogen) atoms. The molecule has 0 fully saturated rings. The second-order valence-electron chi connectivity index (χ2n) is 6.29. The molecule has 3 rings (SSSR count). The molecule has 142 valence electrons. The van der Waals surface area contributed by atoms with Crippen LogP contribution in [0.4, 0.5) is 5.69 Å². The van der Waals surface area contributed by atoms with Crippen molar-refractivity contribution in [2.45, 2.75) is 30.8 Å². The number of hydrogen-bond acceptors (Lipinski definition) is 6. The summed E-state index contributed by atoms with van der Waals surface area (Å²) >= 11 is 2.39. The topological polar surface area (TPSA) is 94.5 Å². The lowest BCUT2D eigenvalue weighted by molar-refractivity contribution is -0.113. The lowest BCUT2D eigenvalue weighted by Crippen LogP contribution is -2.16. The SMILES string of the molecule is Cc1ccc(-c2nc(SCC(=O)Nc3c(C)cc(SC#N)cc3C)n[nH]2)cc1. The van der Waals surface area contributed by atoms with Crippen molar-refractivity contribution >= 4 is 35.1 Å². The minimum Gasteiger partial charge on any atom is -0.325 e. The number of rotatable bonds is 6. The largest absolute Gasteiger partial charge is 0.325 e.